The first-order valence-electron chi connectivity index (χ1n) is 14.2. The number of carbonyl (C=O) groups excluding carboxylic acids is 1. The van der Waals surface area contributed by atoms with E-state index in [2.05, 4.69) is 21.5 Å². The SMILES string of the molecule is C=CC(=O)N1CC2(CC(n3nc(-c4ccc(NCCN(C)C)c(C=N)c4)c(-c4c(Cl)c(C)cc(N)c4C=N)c3C)C2)C1. The van der Waals surface area contributed by atoms with Crippen LogP contribution in [0.5, 0.6) is 0 Å². The van der Waals surface area contributed by atoms with E-state index >= 15 is 0 Å². The van der Waals surface area contributed by atoms with E-state index in [1.165, 1.54) is 18.5 Å². The number of aryl methyl sites for hydroxylation is 1. The standard InChI is InChI=1S/C32H39ClN8O/c1-6-27(42)40-17-32(18-40)13-23(14-32)41-20(3)28(29-24(16-35)25(36)11-19(2)30(29)33)31(38-41)21-7-8-26(22(12-21)15-34)37-9-10-39(4)5/h6-8,11-12,15-16,23,34-35,37H,1,9-10,13-14,17-18,36H2,2-5H3. The summed E-state index contributed by atoms with van der Waals surface area (Å²) >= 11 is 6.96. The Bertz CT molecular complexity index is 1580. The average Bonchev–Trinajstić information content (AvgIpc) is 3.24. The Morgan fingerprint density at radius 3 is 2.55 bits per heavy atom. The van der Waals surface area contributed by atoms with E-state index in [0.29, 0.717) is 21.8 Å². The number of nitrogens with two attached hydrogens (primary N) is 1. The Balaban J connectivity index is 1.58. The number of rotatable bonds is 10. The average molecular weight is 587 g/mol. The van der Waals surface area contributed by atoms with Crippen LogP contribution in [0, 0.1) is 30.1 Å². The predicted molar refractivity (Wildman–Crippen MR) is 172 cm³/mol. The number of nitrogens with zero attached hydrogens (tertiary/aromatic N) is 4. The van der Waals surface area contributed by atoms with E-state index in [9.17, 15) is 4.79 Å². The second-order valence-electron chi connectivity index (χ2n) is 11.9. The van der Waals surface area contributed by atoms with Crippen molar-refractivity contribution in [1.82, 2.24) is 19.6 Å². The maximum atomic E-state index is 12.0. The van der Waals surface area contributed by atoms with E-state index < -0.39 is 0 Å². The summed E-state index contributed by atoms with van der Waals surface area (Å²) in [6.07, 6.45) is 5.85. The van der Waals surface area contributed by atoms with Gasteiger partial charge in [0.15, 0.2) is 0 Å². The van der Waals surface area contributed by atoms with Crippen molar-refractivity contribution in [3.63, 3.8) is 0 Å². The van der Waals surface area contributed by atoms with Crippen molar-refractivity contribution in [1.29, 1.82) is 10.8 Å². The van der Waals surface area contributed by atoms with Crippen molar-refractivity contribution in [2.45, 2.75) is 32.7 Å². The molecule has 1 aliphatic carbocycles. The summed E-state index contributed by atoms with van der Waals surface area (Å²) < 4.78 is 2.09. The highest BCUT2D eigenvalue weighted by Crippen LogP contribution is 2.55. The van der Waals surface area contributed by atoms with Gasteiger partial charge in [-0.3, -0.25) is 9.48 Å². The van der Waals surface area contributed by atoms with Gasteiger partial charge in [0.05, 0.1) is 11.1 Å². The van der Waals surface area contributed by atoms with Crippen molar-refractivity contribution in [2.75, 3.05) is 51.3 Å². The quantitative estimate of drug-likeness (QED) is 0.144. The molecule has 1 saturated carbocycles. The smallest absolute Gasteiger partial charge is 0.245 e. The van der Waals surface area contributed by atoms with Gasteiger partial charge < -0.3 is 31.7 Å². The molecule has 1 amide bonds. The maximum Gasteiger partial charge on any atom is 0.245 e. The van der Waals surface area contributed by atoms with Crippen LogP contribution >= 0.6 is 11.6 Å². The summed E-state index contributed by atoms with van der Waals surface area (Å²) in [7, 11) is 4.06. The zero-order valence-corrected chi connectivity index (χ0v) is 25.5. The lowest BCUT2D eigenvalue weighted by atomic mass is 9.60. The molecule has 3 aromatic rings. The van der Waals surface area contributed by atoms with Crippen molar-refractivity contribution in [2.24, 2.45) is 5.41 Å². The normalized spacial score (nSPS) is 15.8. The number of likely N-dealkylation sites (tertiary alicyclic amines) is 1. The van der Waals surface area contributed by atoms with E-state index in [-0.39, 0.29) is 17.4 Å². The second-order valence-corrected chi connectivity index (χ2v) is 12.3. The van der Waals surface area contributed by atoms with Gasteiger partial charge >= 0.3 is 0 Å². The lowest BCUT2D eigenvalue weighted by molar-refractivity contribution is -0.149. The molecule has 2 heterocycles. The zero-order valence-electron chi connectivity index (χ0n) is 24.7. The fourth-order valence-electron chi connectivity index (χ4n) is 6.43. The van der Waals surface area contributed by atoms with Crippen LogP contribution in [-0.4, -0.2) is 78.2 Å². The highest BCUT2D eigenvalue weighted by molar-refractivity contribution is 6.35. The van der Waals surface area contributed by atoms with Gasteiger partial charge in [-0.1, -0.05) is 24.2 Å². The van der Waals surface area contributed by atoms with E-state index in [0.717, 1.165) is 78.3 Å². The number of amides is 1. The molecule has 42 heavy (non-hydrogen) atoms. The van der Waals surface area contributed by atoms with Crippen LogP contribution in [0.1, 0.15) is 41.3 Å². The van der Waals surface area contributed by atoms with Crippen molar-refractivity contribution in [3.05, 3.63) is 64.3 Å². The van der Waals surface area contributed by atoms with Gasteiger partial charge in [-0.25, -0.2) is 0 Å². The molecule has 0 atom stereocenters. The number of aromatic nitrogens is 2. The monoisotopic (exact) mass is 586 g/mol. The minimum atomic E-state index is -0.0172. The topological polar surface area (TPSA) is 127 Å². The Hall–Kier alpha value is -3.95. The number of benzene rings is 2. The summed E-state index contributed by atoms with van der Waals surface area (Å²) in [5.41, 5.74) is 14.2. The summed E-state index contributed by atoms with van der Waals surface area (Å²) in [4.78, 5) is 16.0. The summed E-state index contributed by atoms with van der Waals surface area (Å²) in [5.74, 6) is -0.0172. The molecule has 0 unspecified atom stereocenters. The molecule has 1 spiro atoms. The molecule has 0 bridgehead atoms. The number of halogens is 1. The van der Waals surface area contributed by atoms with Crippen molar-refractivity contribution >= 4 is 41.3 Å². The van der Waals surface area contributed by atoms with Gasteiger partial charge in [0, 0.05) is 88.9 Å². The summed E-state index contributed by atoms with van der Waals surface area (Å²) in [5, 5.41) is 25.5. The second kappa shape index (κ2) is 11.4. The van der Waals surface area contributed by atoms with E-state index in [1.807, 2.05) is 51.0 Å². The van der Waals surface area contributed by atoms with E-state index in [1.54, 1.807) is 6.07 Å². The molecule has 5 N–H and O–H groups in total. The molecule has 1 saturated heterocycles. The van der Waals surface area contributed by atoms with Gasteiger partial charge in [-0.05, 0) is 70.6 Å². The first-order valence-corrected chi connectivity index (χ1v) is 14.5. The van der Waals surface area contributed by atoms with Gasteiger partial charge in [-0.15, -0.1) is 0 Å². The van der Waals surface area contributed by atoms with Crippen LogP contribution in [0.2, 0.25) is 5.02 Å². The Morgan fingerprint density at radius 1 is 1.21 bits per heavy atom. The lowest BCUT2D eigenvalue weighted by Crippen LogP contribution is -2.63. The van der Waals surface area contributed by atoms with Crippen molar-refractivity contribution < 1.29 is 4.79 Å². The largest absolute Gasteiger partial charge is 0.398 e. The number of nitrogens with one attached hydrogen (secondary N) is 3. The maximum absolute atomic E-state index is 12.0. The molecule has 5 rings (SSSR count). The summed E-state index contributed by atoms with van der Waals surface area (Å²) in [6.45, 7) is 10.7. The number of hydrogen-bond acceptors (Lipinski definition) is 7. The Kier molecular flexibility index (Phi) is 8.00. The van der Waals surface area contributed by atoms with E-state index in [4.69, 9.17) is 33.3 Å². The minimum Gasteiger partial charge on any atom is -0.398 e. The number of hydrogen-bond donors (Lipinski definition) is 4. The third-order valence-electron chi connectivity index (χ3n) is 8.64. The molecule has 1 aliphatic heterocycles. The molecule has 1 aromatic heterocycles. The highest BCUT2D eigenvalue weighted by Gasteiger charge is 2.54. The third-order valence-corrected chi connectivity index (χ3v) is 9.13. The van der Waals surface area contributed by atoms with Crippen LogP contribution in [0.3, 0.4) is 0 Å². The number of likely N-dealkylation sites (N-methyl/N-ethyl adjacent to an activating group) is 1. The first kappa shape index (κ1) is 29.5. The molecule has 0 radical (unpaired) electrons. The molecule has 220 valence electrons. The van der Waals surface area contributed by atoms with Crippen LogP contribution < -0.4 is 11.1 Å². The Labute approximate surface area is 252 Å². The van der Waals surface area contributed by atoms with Crippen molar-refractivity contribution in [3.8, 4) is 22.4 Å². The predicted octanol–water partition coefficient (Wildman–Crippen LogP) is 5.39. The van der Waals surface area contributed by atoms with Gasteiger partial charge in [-0.2, -0.15) is 5.10 Å². The number of anilines is 2. The fraction of sp³-hybridized carbons (Fsp3) is 0.375. The molecule has 9 nitrogen and oxygen atoms in total. The van der Waals surface area contributed by atoms with Gasteiger partial charge in [0.1, 0.15) is 5.69 Å². The minimum absolute atomic E-state index is 0.0172. The molecule has 2 fully saturated rings. The van der Waals surface area contributed by atoms with Gasteiger partial charge in [0.2, 0.25) is 5.91 Å². The molecule has 2 aromatic carbocycles. The molecule has 2 aliphatic rings. The fourth-order valence-corrected chi connectivity index (χ4v) is 6.68. The highest BCUT2D eigenvalue weighted by atomic mass is 35.5. The summed E-state index contributed by atoms with van der Waals surface area (Å²) in [6, 6.07) is 7.97. The lowest BCUT2D eigenvalue weighted by Gasteiger charge is -2.58. The molecule has 10 heteroatoms. The van der Waals surface area contributed by atoms with Crippen LogP contribution in [0.25, 0.3) is 22.4 Å². The Morgan fingerprint density at radius 2 is 1.93 bits per heavy atom. The molecular formula is C32H39ClN8O. The number of carbonyl (C=O) groups is 1. The van der Waals surface area contributed by atoms with Crippen LogP contribution in [-0.2, 0) is 4.79 Å². The van der Waals surface area contributed by atoms with Crippen LogP contribution in [0.15, 0.2) is 36.9 Å². The zero-order chi connectivity index (χ0) is 30.3. The molecular weight excluding hydrogens is 548 g/mol. The first-order chi connectivity index (χ1) is 20.0. The number of nitrogen functional groups attached to an aromatic ring is 1. The third kappa shape index (κ3) is 5.12. The van der Waals surface area contributed by atoms with Gasteiger partial charge in [0.25, 0.3) is 0 Å². The van der Waals surface area contributed by atoms with Crippen LogP contribution in [0.4, 0.5) is 11.4 Å².